The molecular weight excluding hydrogens is 194 g/mol. The lowest BCUT2D eigenvalue weighted by atomic mass is 10.3. The van der Waals surface area contributed by atoms with Gasteiger partial charge in [0.15, 0.2) is 0 Å². The molecule has 0 aliphatic heterocycles. The highest BCUT2D eigenvalue weighted by Crippen LogP contribution is 2.21. The Morgan fingerprint density at radius 3 is 2.79 bits per heavy atom. The summed E-state index contributed by atoms with van der Waals surface area (Å²) in [5.74, 6) is 0. The molecule has 0 aromatic carbocycles. The first-order valence-electron chi connectivity index (χ1n) is 4.08. The van der Waals surface area contributed by atoms with Crippen LogP contribution in [0.2, 0.25) is 0 Å². The lowest BCUT2D eigenvalue weighted by Gasteiger charge is -1.93. The highest BCUT2D eigenvalue weighted by atomic mass is 32.1. The van der Waals surface area contributed by atoms with Crippen molar-refractivity contribution in [1.82, 2.24) is 9.97 Å². The molecule has 0 aliphatic rings. The van der Waals surface area contributed by atoms with Crippen LogP contribution in [-0.2, 0) is 0 Å². The van der Waals surface area contributed by atoms with Gasteiger partial charge in [-0.25, -0.2) is 4.98 Å². The summed E-state index contributed by atoms with van der Waals surface area (Å²) in [6, 6.07) is 5.60. The van der Waals surface area contributed by atoms with Gasteiger partial charge in [0, 0.05) is 17.3 Å². The van der Waals surface area contributed by atoms with Gasteiger partial charge in [0.05, 0.1) is 11.3 Å². The van der Waals surface area contributed by atoms with Gasteiger partial charge >= 0.3 is 0 Å². The Labute approximate surface area is 85.7 Å². The van der Waals surface area contributed by atoms with Gasteiger partial charge < -0.3 is 0 Å². The number of nitrogens with zero attached hydrogens (tertiary/aromatic N) is 3. The molecular formula is C10H7N3S. The first-order valence-corrected chi connectivity index (χ1v) is 4.96. The summed E-state index contributed by atoms with van der Waals surface area (Å²) in [6.07, 6.45) is 1.56. The van der Waals surface area contributed by atoms with Crippen LogP contribution in [0.1, 0.15) is 11.3 Å². The van der Waals surface area contributed by atoms with Crippen molar-refractivity contribution in [3.05, 3.63) is 35.0 Å². The van der Waals surface area contributed by atoms with Gasteiger partial charge in [0.25, 0.3) is 0 Å². The van der Waals surface area contributed by atoms with Crippen LogP contribution in [0, 0.1) is 18.3 Å². The number of hydrogen-bond acceptors (Lipinski definition) is 4. The maximum Gasteiger partial charge on any atom is 0.142 e. The first kappa shape index (κ1) is 8.85. The monoisotopic (exact) mass is 201 g/mol. The first-order chi connectivity index (χ1) is 6.79. The summed E-state index contributed by atoms with van der Waals surface area (Å²) in [4.78, 5) is 8.47. The van der Waals surface area contributed by atoms with E-state index in [-0.39, 0.29) is 0 Å². The van der Waals surface area contributed by atoms with Gasteiger partial charge in [0.2, 0.25) is 0 Å². The maximum absolute atomic E-state index is 8.60. The second kappa shape index (κ2) is 3.56. The van der Waals surface area contributed by atoms with E-state index >= 15 is 0 Å². The molecule has 2 aromatic rings. The van der Waals surface area contributed by atoms with E-state index < -0.39 is 0 Å². The largest absolute Gasteiger partial charge is 0.252 e. The van der Waals surface area contributed by atoms with Crippen molar-refractivity contribution >= 4 is 11.3 Å². The second-order valence-corrected chi connectivity index (χ2v) is 3.70. The predicted octanol–water partition coefficient (Wildman–Crippen LogP) is 2.39. The summed E-state index contributed by atoms with van der Waals surface area (Å²) >= 11 is 1.56. The van der Waals surface area contributed by atoms with Gasteiger partial charge in [-0.05, 0) is 19.1 Å². The molecule has 2 aromatic heterocycles. The number of aryl methyl sites for hydroxylation is 1. The molecule has 0 saturated heterocycles. The summed E-state index contributed by atoms with van der Waals surface area (Å²) in [6.45, 7) is 1.95. The number of aromatic nitrogens is 2. The van der Waals surface area contributed by atoms with Crippen molar-refractivity contribution in [3.63, 3.8) is 0 Å². The summed E-state index contributed by atoms with van der Waals surface area (Å²) < 4.78 is 0. The SMILES string of the molecule is Cc1csc(-c2ccc(C#N)cn2)n1. The van der Waals surface area contributed by atoms with Crippen LogP contribution in [0.5, 0.6) is 0 Å². The Morgan fingerprint density at radius 2 is 2.29 bits per heavy atom. The highest BCUT2D eigenvalue weighted by Gasteiger charge is 2.03. The van der Waals surface area contributed by atoms with Gasteiger partial charge in [0.1, 0.15) is 11.1 Å². The quantitative estimate of drug-likeness (QED) is 0.711. The third-order valence-electron chi connectivity index (χ3n) is 1.73. The minimum absolute atomic E-state index is 0.571. The van der Waals surface area contributed by atoms with Crippen LogP contribution in [0.15, 0.2) is 23.7 Å². The van der Waals surface area contributed by atoms with E-state index in [1.807, 2.05) is 24.4 Å². The molecule has 0 fully saturated rings. The van der Waals surface area contributed by atoms with E-state index in [4.69, 9.17) is 5.26 Å². The lowest BCUT2D eigenvalue weighted by Crippen LogP contribution is -1.83. The van der Waals surface area contributed by atoms with Crippen LogP contribution in [0.25, 0.3) is 10.7 Å². The molecule has 68 valence electrons. The van der Waals surface area contributed by atoms with Crippen LogP contribution < -0.4 is 0 Å². The Bertz CT molecular complexity index is 479. The Kier molecular flexibility index (Phi) is 2.25. The molecule has 0 amide bonds. The van der Waals surface area contributed by atoms with E-state index in [0.29, 0.717) is 5.56 Å². The molecule has 2 heterocycles. The smallest absolute Gasteiger partial charge is 0.142 e. The van der Waals surface area contributed by atoms with Gasteiger partial charge in [-0.15, -0.1) is 11.3 Å². The zero-order chi connectivity index (χ0) is 9.97. The van der Waals surface area contributed by atoms with Crippen molar-refractivity contribution in [1.29, 1.82) is 5.26 Å². The maximum atomic E-state index is 8.60. The molecule has 2 rings (SSSR count). The third kappa shape index (κ3) is 1.63. The number of thiazole rings is 1. The molecule has 0 saturated carbocycles. The molecule has 0 N–H and O–H groups in total. The van der Waals surface area contributed by atoms with Crippen LogP contribution in [0.3, 0.4) is 0 Å². The Balaban J connectivity index is 2.39. The van der Waals surface area contributed by atoms with Crippen molar-refractivity contribution in [2.45, 2.75) is 6.92 Å². The fourth-order valence-electron chi connectivity index (χ4n) is 1.06. The van der Waals surface area contributed by atoms with E-state index in [2.05, 4.69) is 9.97 Å². The van der Waals surface area contributed by atoms with Crippen molar-refractivity contribution in [2.75, 3.05) is 0 Å². The van der Waals surface area contributed by atoms with E-state index in [1.165, 1.54) is 0 Å². The molecule has 4 heteroatoms. The van der Waals surface area contributed by atoms with Gasteiger partial charge in [-0.2, -0.15) is 5.26 Å². The van der Waals surface area contributed by atoms with E-state index in [1.54, 1.807) is 23.6 Å². The van der Waals surface area contributed by atoms with Crippen molar-refractivity contribution in [2.24, 2.45) is 0 Å². The number of nitriles is 1. The predicted molar refractivity (Wildman–Crippen MR) is 54.8 cm³/mol. The Hall–Kier alpha value is -1.73. The Morgan fingerprint density at radius 1 is 1.43 bits per heavy atom. The molecule has 0 aliphatic carbocycles. The molecule has 14 heavy (non-hydrogen) atoms. The van der Waals surface area contributed by atoms with Crippen LogP contribution >= 0.6 is 11.3 Å². The molecule has 0 unspecified atom stereocenters. The molecule has 0 radical (unpaired) electrons. The highest BCUT2D eigenvalue weighted by molar-refractivity contribution is 7.13. The molecule has 0 spiro atoms. The third-order valence-corrected chi connectivity index (χ3v) is 2.71. The minimum atomic E-state index is 0.571. The topological polar surface area (TPSA) is 49.6 Å². The van der Waals surface area contributed by atoms with Gasteiger partial charge in [-0.1, -0.05) is 0 Å². The average molecular weight is 201 g/mol. The summed E-state index contributed by atoms with van der Waals surface area (Å²) in [5.41, 5.74) is 2.39. The fourth-order valence-corrected chi connectivity index (χ4v) is 1.83. The number of rotatable bonds is 1. The van der Waals surface area contributed by atoms with Crippen molar-refractivity contribution < 1.29 is 0 Å². The van der Waals surface area contributed by atoms with Gasteiger partial charge in [-0.3, -0.25) is 4.98 Å². The lowest BCUT2D eigenvalue weighted by molar-refractivity contribution is 1.23. The normalized spacial score (nSPS) is 9.71. The second-order valence-electron chi connectivity index (χ2n) is 2.84. The van der Waals surface area contributed by atoms with Crippen LogP contribution in [-0.4, -0.2) is 9.97 Å². The van der Waals surface area contributed by atoms with Crippen molar-refractivity contribution in [3.8, 4) is 16.8 Å². The minimum Gasteiger partial charge on any atom is -0.252 e. The molecule has 0 atom stereocenters. The molecule has 0 bridgehead atoms. The fraction of sp³-hybridized carbons (Fsp3) is 0.100. The van der Waals surface area contributed by atoms with Crippen LogP contribution in [0.4, 0.5) is 0 Å². The average Bonchev–Trinajstić information content (AvgIpc) is 2.65. The standard InChI is InChI=1S/C10H7N3S/c1-7-6-14-10(13-7)9-3-2-8(4-11)5-12-9/h2-3,5-6H,1H3. The zero-order valence-electron chi connectivity index (χ0n) is 7.56. The molecule has 3 nitrogen and oxygen atoms in total. The zero-order valence-corrected chi connectivity index (χ0v) is 8.38. The number of pyridine rings is 1. The van der Waals surface area contributed by atoms with E-state index in [9.17, 15) is 0 Å². The summed E-state index contributed by atoms with van der Waals surface area (Å²) in [7, 11) is 0. The number of hydrogen-bond donors (Lipinski definition) is 0. The summed E-state index contributed by atoms with van der Waals surface area (Å²) in [5, 5.41) is 11.5. The van der Waals surface area contributed by atoms with E-state index in [0.717, 1.165) is 16.4 Å².